The van der Waals surface area contributed by atoms with Gasteiger partial charge in [-0.25, -0.2) is 0 Å². The Morgan fingerprint density at radius 1 is 0.775 bits per heavy atom. The van der Waals surface area contributed by atoms with Crippen molar-refractivity contribution in [3.8, 4) is 5.69 Å². The molecule has 1 aromatic heterocycles. The topological polar surface area (TPSA) is 17.0 Å². The van der Waals surface area contributed by atoms with Crippen molar-refractivity contribution in [3.63, 3.8) is 0 Å². The number of anilines is 1. The molecule has 0 unspecified atom stereocenters. The molecule has 7 heteroatoms. The molecule has 0 aliphatic carbocycles. The zero-order valence-electron chi connectivity index (χ0n) is 22.6. The average Bonchev–Trinajstić information content (AvgIpc) is 3.77. The van der Waals surface area contributed by atoms with E-state index in [0.29, 0.717) is 6.21 Å². The van der Waals surface area contributed by atoms with E-state index in [2.05, 4.69) is 146 Å². The first-order valence-corrected chi connectivity index (χ1v) is 16.8. The van der Waals surface area contributed by atoms with Gasteiger partial charge in [-0.05, 0) is 0 Å². The summed E-state index contributed by atoms with van der Waals surface area (Å²) in [7, 11) is 0. The molecule has 4 aliphatic rings. The van der Waals surface area contributed by atoms with Crippen molar-refractivity contribution < 1.29 is 0 Å². The normalized spacial score (nSPS) is 20.0. The van der Waals surface area contributed by atoms with E-state index in [1.165, 1.54) is 66.0 Å². The predicted octanol–water partition coefficient (Wildman–Crippen LogP) is 4.71. The number of hydrogen-bond acceptors (Lipinski definition) is 1. The third-order valence-electron chi connectivity index (χ3n) is 10.5. The van der Waals surface area contributed by atoms with E-state index in [9.17, 15) is 0 Å². The predicted molar refractivity (Wildman–Crippen MR) is 178 cm³/mol. The van der Waals surface area contributed by atoms with Gasteiger partial charge in [0.25, 0.3) is 0 Å². The van der Waals surface area contributed by atoms with Gasteiger partial charge in [-0.15, -0.1) is 0 Å². The average molecular weight is 524 g/mol. The number of para-hydroxylation sites is 2. The van der Waals surface area contributed by atoms with E-state index in [-0.39, 0.29) is 12.1 Å². The van der Waals surface area contributed by atoms with Crippen LogP contribution in [-0.4, -0.2) is 31.3 Å². The quantitative estimate of drug-likeness (QED) is 0.262. The van der Waals surface area contributed by atoms with Crippen LogP contribution in [0, 0.1) is 0 Å². The monoisotopic (exact) mass is 524 g/mol. The molecule has 185 valence electrons. The van der Waals surface area contributed by atoms with Crippen molar-refractivity contribution >= 4 is 82.3 Å². The molecule has 2 fully saturated rings. The third kappa shape index (κ3) is 2.40. The number of aromatic nitrogens is 1. The third-order valence-corrected chi connectivity index (χ3v) is 15.5. The second kappa shape index (κ2) is 6.81. The maximum absolute atomic E-state index is 4.03. The maximum atomic E-state index is 4.03. The number of nitrogens with one attached hydrogen (secondary N) is 1. The molecule has 0 amide bonds. The second-order valence-electron chi connectivity index (χ2n) is 12.8. The van der Waals surface area contributed by atoms with Crippen molar-refractivity contribution in [3.05, 3.63) is 120 Å². The minimum absolute atomic E-state index is 0.0432. The zero-order valence-corrected chi connectivity index (χ0v) is 23.5. The fourth-order valence-electron chi connectivity index (χ4n) is 8.34. The molecule has 5 heterocycles. The molecule has 40 heavy (non-hydrogen) atoms. The van der Waals surface area contributed by atoms with Crippen LogP contribution in [0.5, 0.6) is 0 Å². The molecule has 0 atom stereocenters. The molecule has 2 nitrogen and oxygen atoms in total. The Morgan fingerprint density at radius 3 is 2.33 bits per heavy atom. The number of benzene rings is 5. The van der Waals surface area contributed by atoms with Crippen molar-refractivity contribution in [2.45, 2.75) is 19.3 Å². The summed E-state index contributed by atoms with van der Waals surface area (Å²) in [5.41, 5.74) is 12.5. The summed E-state index contributed by atoms with van der Waals surface area (Å²) < 4.78 is 2.57. The van der Waals surface area contributed by atoms with Crippen molar-refractivity contribution in [2.75, 3.05) is 5.09 Å². The van der Waals surface area contributed by atoms with Crippen molar-refractivity contribution in [1.29, 1.82) is 0 Å². The molecule has 1 N–H and O–H groups in total. The van der Waals surface area contributed by atoms with Gasteiger partial charge in [0.05, 0.1) is 0 Å². The first kappa shape index (κ1) is 22.1. The number of fused-ring (bicyclic) bond motifs is 8. The van der Waals surface area contributed by atoms with Crippen LogP contribution in [0.25, 0.3) is 27.5 Å². The fraction of sp³-hybridized carbons (Fsp3) is 0.0909. The van der Waals surface area contributed by atoms with Crippen LogP contribution in [0.1, 0.15) is 25.0 Å². The summed E-state index contributed by atoms with van der Waals surface area (Å²) in [6.45, 7) is 10.2. The van der Waals surface area contributed by atoms with E-state index in [0.717, 1.165) is 0 Å². The Kier molecular flexibility index (Phi) is 3.77. The van der Waals surface area contributed by atoms with E-state index < -0.39 is 6.39 Å². The number of rotatable bonds is 3. The van der Waals surface area contributed by atoms with Crippen LogP contribution in [0.2, 0.25) is 0 Å². The summed E-state index contributed by atoms with van der Waals surface area (Å²) in [4.78, 5) is 0. The number of nitrogens with zero attached hydrogens (tertiary/aromatic N) is 1. The van der Waals surface area contributed by atoms with Gasteiger partial charge in [0.2, 0.25) is 0 Å². The Bertz CT molecular complexity index is 2110. The van der Waals surface area contributed by atoms with Gasteiger partial charge < -0.3 is 0 Å². The van der Waals surface area contributed by atoms with Gasteiger partial charge in [0.15, 0.2) is 0 Å². The number of hydrogen-bond donors (Lipinski definition) is 1. The zero-order chi connectivity index (χ0) is 26.5. The first-order valence-electron chi connectivity index (χ1n) is 14.4. The molecule has 2 saturated heterocycles. The SMILES string of the molecule is CC1(C)c2ccccc2B2c3c(cccc31)-n1c3ccc(P45(Nc6ccccc6)[B]B4[B-]5)cc3c3cccc2c31. The van der Waals surface area contributed by atoms with Gasteiger partial charge in [0, 0.05) is 0 Å². The van der Waals surface area contributed by atoms with E-state index in [1.54, 1.807) is 0 Å². The van der Waals surface area contributed by atoms with Crippen LogP contribution in [0.3, 0.4) is 0 Å². The summed E-state index contributed by atoms with van der Waals surface area (Å²) in [5.74, 6) is 0. The van der Waals surface area contributed by atoms with Gasteiger partial charge in [-0.3, -0.25) is 0 Å². The Morgan fingerprint density at radius 2 is 1.50 bits per heavy atom. The molecular formula is C33H25B4N2P-. The van der Waals surface area contributed by atoms with Crippen molar-refractivity contribution in [2.24, 2.45) is 0 Å². The summed E-state index contributed by atoms with van der Waals surface area (Å²) in [5, 5.41) is 8.24. The fourth-order valence-corrected chi connectivity index (χ4v) is 13.4. The summed E-state index contributed by atoms with van der Waals surface area (Å²) >= 11 is 0. The van der Waals surface area contributed by atoms with E-state index in [4.69, 9.17) is 0 Å². The van der Waals surface area contributed by atoms with Crippen LogP contribution < -0.4 is 26.8 Å². The molecule has 0 spiro atoms. The van der Waals surface area contributed by atoms with E-state index in [1.807, 2.05) is 0 Å². The van der Waals surface area contributed by atoms with Crippen LogP contribution in [-0.2, 0) is 5.41 Å². The van der Waals surface area contributed by atoms with E-state index >= 15 is 0 Å². The molecule has 0 bridgehead atoms. The standard InChI is InChI=1S/C33H25B4N2P/c1-33(2)25-13-6-7-15-27(25)36-28-16-8-12-23-24-20-22(40(34-37(40)35-40)38-21-10-4-3-5-11-21)18-19-29(24)39(32(23)28)30-17-9-14-26(33)31(30)36/h3-20,38H,1-2H3/q-1. The molecule has 5 aromatic carbocycles. The Labute approximate surface area is 236 Å². The molecule has 0 saturated carbocycles. The van der Waals surface area contributed by atoms with Gasteiger partial charge in [-0.1, -0.05) is 0 Å². The molecule has 3 radical (unpaired) electrons. The van der Waals surface area contributed by atoms with Crippen LogP contribution >= 0.6 is 6.39 Å². The Hall–Kier alpha value is -3.61. The van der Waals surface area contributed by atoms with Crippen LogP contribution in [0.15, 0.2) is 109 Å². The molecule has 6 aromatic rings. The summed E-state index contributed by atoms with van der Waals surface area (Å²) in [6, 6.07) is 41.2. The van der Waals surface area contributed by atoms with Crippen molar-refractivity contribution in [1.82, 2.24) is 4.57 Å². The van der Waals surface area contributed by atoms with Gasteiger partial charge in [0.1, 0.15) is 0 Å². The molecular weight excluding hydrogens is 499 g/mol. The van der Waals surface area contributed by atoms with Gasteiger partial charge >= 0.3 is 237 Å². The molecule has 4 aliphatic heterocycles. The molecule has 10 rings (SSSR count). The first-order chi connectivity index (χ1) is 19.5. The minimum atomic E-state index is -2.27. The van der Waals surface area contributed by atoms with Crippen LogP contribution in [0.4, 0.5) is 5.69 Å². The Balaban J connectivity index is 1.26. The second-order valence-corrected chi connectivity index (χ2v) is 17.4. The summed E-state index contributed by atoms with van der Waals surface area (Å²) in [6.07, 6.45) is -1.65. The van der Waals surface area contributed by atoms with Gasteiger partial charge in [-0.2, -0.15) is 0 Å².